The molecule has 0 spiro atoms. The number of benzene rings is 2. The third-order valence-electron chi connectivity index (χ3n) is 2.69. The molecule has 0 aromatic heterocycles. The smallest absolute Gasteiger partial charge is 0.0762 e. The first-order valence-corrected chi connectivity index (χ1v) is 7.39. The van der Waals surface area contributed by atoms with E-state index in [4.69, 9.17) is 0 Å². The summed E-state index contributed by atoms with van der Waals surface area (Å²) in [5.74, 6) is 0. The Morgan fingerprint density at radius 1 is 1.11 bits per heavy atom. The molecule has 1 atom stereocenters. The minimum Gasteiger partial charge on any atom is -0.389 e. The summed E-state index contributed by atoms with van der Waals surface area (Å²) in [6.45, 7) is 3.86. The van der Waals surface area contributed by atoms with E-state index >= 15 is 0 Å². The van der Waals surface area contributed by atoms with Gasteiger partial charge in [0, 0.05) is 14.3 Å². The van der Waals surface area contributed by atoms with Crippen LogP contribution < -0.4 is 0 Å². The van der Waals surface area contributed by atoms with Gasteiger partial charge in [-0.3, -0.25) is 0 Å². The van der Waals surface area contributed by atoms with Crippen molar-refractivity contribution in [3.63, 3.8) is 0 Å². The van der Waals surface area contributed by atoms with Crippen molar-refractivity contribution in [2.45, 2.75) is 29.7 Å². The van der Waals surface area contributed by atoms with Crippen molar-refractivity contribution < 1.29 is 5.11 Å². The van der Waals surface area contributed by atoms with E-state index in [0.717, 1.165) is 14.9 Å². The minimum atomic E-state index is -0.431. The van der Waals surface area contributed by atoms with Gasteiger partial charge >= 0.3 is 0 Å². The number of aryl methyl sites for hydroxylation is 1. The van der Waals surface area contributed by atoms with Gasteiger partial charge in [-0.05, 0) is 59.6 Å². The van der Waals surface area contributed by atoms with Gasteiger partial charge in [-0.25, -0.2) is 0 Å². The lowest BCUT2D eigenvalue weighted by Gasteiger charge is -2.09. The lowest BCUT2D eigenvalue weighted by Crippen LogP contribution is -1.90. The van der Waals surface area contributed by atoms with Gasteiger partial charge in [0.25, 0.3) is 0 Å². The van der Waals surface area contributed by atoms with E-state index in [9.17, 15) is 5.11 Å². The van der Waals surface area contributed by atoms with Crippen LogP contribution in [0.25, 0.3) is 0 Å². The molecule has 94 valence electrons. The number of aliphatic hydroxyl groups is 1. The molecular weight excluding hydrogens is 308 g/mol. The SMILES string of the molecule is Cc1ccc(Sc2ccc([C@@H](C)O)cc2Br)cc1. The summed E-state index contributed by atoms with van der Waals surface area (Å²) in [5.41, 5.74) is 2.19. The lowest BCUT2D eigenvalue weighted by atomic mass is 10.1. The zero-order valence-electron chi connectivity index (χ0n) is 10.4. The van der Waals surface area contributed by atoms with Gasteiger partial charge in [-0.1, -0.05) is 35.5 Å². The Kier molecular flexibility index (Phi) is 4.49. The van der Waals surface area contributed by atoms with E-state index in [1.807, 2.05) is 18.2 Å². The van der Waals surface area contributed by atoms with Crippen LogP contribution in [0.5, 0.6) is 0 Å². The van der Waals surface area contributed by atoms with Crippen LogP contribution in [0, 0.1) is 6.92 Å². The van der Waals surface area contributed by atoms with Crippen molar-refractivity contribution in [2.75, 3.05) is 0 Å². The highest BCUT2D eigenvalue weighted by Crippen LogP contribution is 2.35. The quantitative estimate of drug-likeness (QED) is 0.861. The highest BCUT2D eigenvalue weighted by atomic mass is 79.9. The molecule has 0 heterocycles. The fraction of sp³-hybridized carbons (Fsp3) is 0.200. The van der Waals surface area contributed by atoms with Gasteiger partial charge in [-0.15, -0.1) is 0 Å². The molecule has 0 aliphatic rings. The second-order valence-electron chi connectivity index (χ2n) is 4.28. The van der Waals surface area contributed by atoms with Crippen molar-refractivity contribution in [3.8, 4) is 0 Å². The molecule has 2 aromatic rings. The summed E-state index contributed by atoms with van der Waals surface area (Å²) >= 11 is 5.27. The molecular formula is C15H15BrOS. The summed E-state index contributed by atoms with van der Waals surface area (Å²) in [6, 6.07) is 14.4. The largest absolute Gasteiger partial charge is 0.389 e. The standard InChI is InChI=1S/C15H15BrOS/c1-10-3-6-13(7-4-10)18-15-8-5-12(11(2)17)9-14(15)16/h3-9,11,17H,1-2H3/t11-/m1/s1. The maximum absolute atomic E-state index is 9.53. The summed E-state index contributed by atoms with van der Waals surface area (Å²) in [7, 11) is 0. The van der Waals surface area contributed by atoms with Crippen LogP contribution in [-0.4, -0.2) is 5.11 Å². The highest BCUT2D eigenvalue weighted by Gasteiger charge is 2.06. The van der Waals surface area contributed by atoms with Crippen LogP contribution in [0.1, 0.15) is 24.2 Å². The Morgan fingerprint density at radius 2 is 1.78 bits per heavy atom. The molecule has 2 aromatic carbocycles. The van der Waals surface area contributed by atoms with Crippen molar-refractivity contribution in [2.24, 2.45) is 0 Å². The van der Waals surface area contributed by atoms with Crippen LogP contribution in [0.2, 0.25) is 0 Å². The Morgan fingerprint density at radius 3 is 2.33 bits per heavy atom. The third kappa shape index (κ3) is 3.37. The molecule has 0 bridgehead atoms. The molecule has 0 aliphatic heterocycles. The van der Waals surface area contributed by atoms with Gasteiger partial charge in [0.2, 0.25) is 0 Å². The monoisotopic (exact) mass is 322 g/mol. The predicted octanol–water partition coefficient (Wildman–Crippen LogP) is 4.96. The molecule has 0 amide bonds. The van der Waals surface area contributed by atoms with E-state index < -0.39 is 6.10 Å². The number of hydrogen-bond acceptors (Lipinski definition) is 2. The average Bonchev–Trinajstić information content (AvgIpc) is 2.34. The van der Waals surface area contributed by atoms with Gasteiger partial charge in [-0.2, -0.15) is 0 Å². The summed E-state index contributed by atoms with van der Waals surface area (Å²) in [4.78, 5) is 2.37. The molecule has 1 nitrogen and oxygen atoms in total. The van der Waals surface area contributed by atoms with Gasteiger partial charge < -0.3 is 5.11 Å². The van der Waals surface area contributed by atoms with Crippen LogP contribution in [0.4, 0.5) is 0 Å². The first-order valence-electron chi connectivity index (χ1n) is 5.78. The fourth-order valence-electron chi connectivity index (χ4n) is 1.59. The molecule has 0 saturated heterocycles. The molecule has 0 saturated carbocycles. The van der Waals surface area contributed by atoms with E-state index in [0.29, 0.717) is 0 Å². The van der Waals surface area contributed by atoms with E-state index in [1.54, 1.807) is 18.7 Å². The molecule has 0 fully saturated rings. The molecule has 0 aliphatic carbocycles. The minimum absolute atomic E-state index is 0.431. The Balaban J connectivity index is 2.22. The Hall–Kier alpha value is -0.770. The summed E-state index contributed by atoms with van der Waals surface area (Å²) < 4.78 is 1.02. The first-order chi connectivity index (χ1) is 8.56. The molecule has 1 N–H and O–H groups in total. The van der Waals surface area contributed by atoms with Crippen molar-refractivity contribution in [1.82, 2.24) is 0 Å². The second kappa shape index (κ2) is 5.91. The zero-order valence-corrected chi connectivity index (χ0v) is 12.8. The van der Waals surface area contributed by atoms with Crippen molar-refractivity contribution >= 4 is 27.7 Å². The summed E-state index contributed by atoms with van der Waals surface area (Å²) in [6.07, 6.45) is -0.431. The third-order valence-corrected chi connectivity index (χ3v) is 4.69. The molecule has 3 heteroatoms. The highest BCUT2D eigenvalue weighted by molar-refractivity contribution is 9.10. The normalized spacial score (nSPS) is 12.4. The maximum atomic E-state index is 9.53. The Bertz CT molecular complexity index is 535. The van der Waals surface area contributed by atoms with E-state index in [2.05, 4.69) is 47.1 Å². The topological polar surface area (TPSA) is 20.2 Å². The van der Waals surface area contributed by atoms with Crippen molar-refractivity contribution in [3.05, 3.63) is 58.1 Å². The fourth-order valence-corrected chi connectivity index (χ4v) is 3.05. The first kappa shape index (κ1) is 13.7. The maximum Gasteiger partial charge on any atom is 0.0762 e. The number of hydrogen-bond donors (Lipinski definition) is 1. The molecule has 0 unspecified atom stereocenters. The van der Waals surface area contributed by atoms with Crippen LogP contribution in [-0.2, 0) is 0 Å². The van der Waals surface area contributed by atoms with Gasteiger partial charge in [0.05, 0.1) is 6.10 Å². The molecule has 0 radical (unpaired) electrons. The van der Waals surface area contributed by atoms with Gasteiger partial charge in [0.15, 0.2) is 0 Å². The Labute approximate surface area is 120 Å². The number of rotatable bonds is 3. The predicted molar refractivity (Wildman–Crippen MR) is 80.1 cm³/mol. The average molecular weight is 323 g/mol. The molecule has 2 rings (SSSR count). The van der Waals surface area contributed by atoms with Crippen LogP contribution in [0.3, 0.4) is 0 Å². The number of halogens is 1. The van der Waals surface area contributed by atoms with Crippen LogP contribution >= 0.6 is 27.7 Å². The van der Waals surface area contributed by atoms with E-state index in [1.165, 1.54) is 10.5 Å². The van der Waals surface area contributed by atoms with Crippen LogP contribution in [0.15, 0.2) is 56.7 Å². The number of aliphatic hydroxyl groups excluding tert-OH is 1. The van der Waals surface area contributed by atoms with Crippen molar-refractivity contribution in [1.29, 1.82) is 0 Å². The lowest BCUT2D eigenvalue weighted by molar-refractivity contribution is 0.199. The zero-order chi connectivity index (χ0) is 13.1. The second-order valence-corrected chi connectivity index (χ2v) is 6.25. The van der Waals surface area contributed by atoms with E-state index in [-0.39, 0.29) is 0 Å². The van der Waals surface area contributed by atoms with Gasteiger partial charge in [0.1, 0.15) is 0 Å². The molecule has 18 heavy (non-hydrogen) atoms. The summed E-state index contributed by atoms with van der Waals surface area (Å²) in [5, 5.41) is 9.53.